The number of fused-ring (bicyclic) bond motifs is 2. The number of benzene rings is 2. The van der Waals surface area contributed by atoms with Crippen LogP contribution in [0.25, 0.3) is 22.0 Å². The quantitative estimate of drug-likeness (QED) is 0.551. The Kier molecular flexibility index (Phi) is 2.36. The van der Waals surface area contributed by atoms with Gasteiger partial charge in [0.1, 0.15) is 0 Å². The fraction of sp³-hybridized carbons (Fsp3) is 0.250. The monoisotopic (exact) mass is 273 g/mol. The maximum Gasteiger partial charge on any atom is 0.0786 e. The first-order valence-corrected chi connectivity index (χ1v) is 7.51. The van der Waals surface area contributed by atoms with Crippen molar-refractivity contribution in [3.8, 4) is 11.3 Å². The molecule has 3 aromatic rings. The lowest BCUT2D eigenvalue weighted by Gasteiger charge is -2.36. The zero-order valence-corrected chi connectivity index (χ0v) is 13.0. The number of nitrogens with zero attached hydrogens (tertiary/aromatic N) is 1. The van der Waals surface area contributed by atoms with E-state index in [0.29, 0.717) is 0 Å². The summed E-state index contributed by atoms with van der Waals surface area (Å²) in [5, 5.41) is 2.61. The summed E-state index contributed by atoms with van der Waals surface area (Å²) in [5.74, 6) is 0. The van der Waals surface area contributed by atoms with Gasteiger partial charge < -0.3 is 0 Å². The number of hydrogen-bond donors (Lipinski definition) is 0. The van der Waals surface area contributed by atoms with Gasteiger partial charge in [-0.2, -0.15) is 0 Å². The lowest BCUT2D eigenvalue weighted by Crippen LogP contribution is -2.25. The number of pyridine rings is 1. The van der Waals surface area contributed by atoms with Crippen molar-refractivity contribution in [1.29, 1.82) is 0 Å². The minimum Gasteiger partial charge on any atom is -0.256 e. The first kappa shape index (κ1) is 12.6. The number of hydrogen-bond acceptors (Lipinski definition) is 1. The zero-order valence-electron chi connectivity index (χ0n) is 13.0. The number of aromatic nitrogens is 1. The van der Waals surface area contributed by atoms with Crippen molar-refractivity contribution in [1.82, 2.24) is 4.98 Å². The van der Waals surface area contributed by atoms with E-state index in [1.165, 1.54) is 38.6 Å². The lowest BCUT2D eigenvalue weighted by molar-refractivity contribution is 0.638. The summed E-state index contributed by atoms with van der Waals surface area (Å²) in [4.78, 5) is 4.72. The van der Waals surface area contributed by atoms with Crippen LogP contribution in [-0.4, -0.2) is 4.98 Å². The van der Waals surface area contributed by atoms with Crippen molar-refractivity contribution in [3.05, 3.63) is 64.8 Å². The van der Waals surface area contributed by atoms with E-state index >= 15 is 0 Å². The van der Waals surface area contributed by atoms with Gasteiger partial charge in [0.15, 0.2) is 0 Å². The van der Waals surface area contributed by atoms with Gasteiger partial charge >= 0.3 is 0 Å². The molecule has 0 bridgehead atoms. The predicted molar refractivity (Wildman–Crippen MR) is 88.8 cm³/mol. The maximum atomic E-state index is 4.72. The Morgan fingerprint density at radius 1 is 0.952 bits per heavy atom. The minimum atomic E-state index is 0.0149. The Labute approximate surface area is 125 Å². The fourth-order valence-electron chi connectivity index (χ4n) is 3.91. The van der Waals surface area contributed by atoms with Crippen molar-refractivity contribution in [2.75, 3.05) is 0 Å². The summed E-state index contributed by atoms with van der Waals surface area (Å²) in [6, 6.07) is 13.2. The molecule has 1 heteroatoms. The van der Waals surface area contributed by atoms with Crippen LogP contribution < -0.4 is 0 Å². The van der Waals surface area contributed by atoms with Crippen LogP contribution in [0, 0.1) is 13.8 Å². The molecule has 0 saturated heterocycles. The molecule has 1 aliphatic rings. The molecule has 0 aliphatic heterocycles. The smallest absolute Gasteiger partial charge is 0.0786 e. The third-order valence-electron chi connectivity index (χ3n) is 5.08. The van der Waals surface area contributed by atoms with Gasteiger partial charge in [0.25, 0.3) is 0 Å². The zero-order chi connectivity index (χ0) is 14.8. The highest BCUT2D eigenvalue weighted by molar-refractivity contribution is 6.01. The van der Waals surface area contributed by atoms with Gasteiger partial charge in [-0.05, 0) is 47.6 Å². The van der Waals surface area contributed by atoms with Gasteiger partial charge in [0.2, 0.25) is 0 Å². The van der Waals surface area contributed by atoms with E-state index in [-0.39, 0.29) is 5.41 Å². The average molecular weight is 273 g/mol. The Morgan fingerprint density at radius 2 is 1.76 bits per heavy atom. The van der Waals surface area contributed by atoms with Crippen LogP contribution in [0.3, 0.4) is 0 Å². The number of rotatable bonds is 0. The molecule has 1 aliphatic carbocycles. The molecule has 1 nitrogen and oxygen atoms in total. The Bertz CT molecular complexity index is 882. The van der Waals surface area contributed by atoms with E-state index in [2.05, 4.69) is 64.1 Å². The molecule has 0 N–H and O–H groups in total. The standard InChI is InChI=1S/C20H19N/c1-12-8-9-15-18(13(12)2)20(3,4)16-7-5-6-14-10-11-21-19(15)17(14)16/h5-11H,1-4H3. The van der Waals surface area contributed by atoms with Crippen molar-refractivity contribution in [3.63, 3.8) is 0 Å². The summed E-state index contributed by atoms with van der Waals surface area (Å²) >= 11 is 0. The molecule has 0 unspecified atom stereocenters. The first-order chi connectivity index (χ1) is 10.0. The molecule has 0 saturated carbocycles. The van der Waals surface area contributed by atoms with Crippen molar-refractivity contribution < 1.29 is 0 Å². The number of aryl methyl sites for hydroxylation is 1. The lowest BCUT2D eigenvalue weighted by atomic mass is 9.68. The highest BCUT2D eigenvalue weighted by Gasteiger charge is 2.35. The van der Waals surface area contributed by atoms with Gasteiger partial charge in [0.05, 0.1) is 5.69 Å². The first-order valence-electron chi connectivity index (χ1n) is 7.51. The topological polar surface area (TPSA) is 12.9 Å². The molecule has 21 heavy (non-hydrogen) atoms. The van der Waals surface area contributed by atoms with Crippen LogP contribution in [0.1, 0.15) is 36.1 Å². The second-order valence-corrected chi connectivity index (χ2v) is 6.62. The molecule has 4 rings (SSSR count). The predicted octanol–water partition coefficient (Wildman–Crippen LogP) is 5.16. The molecule has 0 spiro atoms. The summed E-state index contributed by atoms with van der Waals surface area (Å²) in [5.41, 5.74) is 8.03. The van der Waals surface area contributed by atoms with Crippen LogP contribution in [0.4, 0.5) is 0 Å². The van der Waals surface area contributed by atoms with Crippen LogP contribution in [0.2, 0.25) is 0 Å². The highest BCUT2D eigenvalue weighted by Crippen LogP contribution is 2.49. The van der Waals surface area contributed by atoms with Gasteiger partial charge in [-0.1, -0.05) is 44.2 Å². The Balaban J connectivity index is 2.28. The Morgan fingerprint density at radius 3 is 2.57 bits per heavy atom. The van der Waals surface area contributed by atoms with E-state index in [1.54, 1.807) is 0 Å². The SMILES string of the molecule is Cc1ccc2c(c1C)C(C)(C)c1cccc3ccnc-2c13. The molecule has 1 aromatic heterocycles. The van der Waals surface area contributed by atoms with E-state index in [4.69, 9.17) is 4.98 Å². The molecule has 0 amide bonds. The van der Waals surface area contributed by atoms with Gasteiger partial charge in [-0.25, -0.2) is 0 Å². The molecular formula is C20H19N. The van der Waals surface area contributed by atoms with E-state index in [1.807, 2.05) is 6.20 Å². The van der Waals surface area contributed by atoms with Crippen LogP contribution in [0.15, 0.2) is 42.6 Å². The van der Waals surface area contributed by atoms with Crippen molar-refractivity contribution in [2.24, 2.45) is 0 Å². The average Bonchev–Trinajstić information content (AvgIpc) is 2.47. The molecule has 2 aromatic carbocycles. The largest absolute Gasteiger partial charge is 0.256 e. The van der Waals surface area contributed by atoms with E-state index in [0.717, 1.165) is 5.69 Å². The van der Waals surface area contributed by atoms with Gasteiger partial charge in [-0.3, -0.25) is 4.98 Å². The minimum absolute atomic E-state index is 0.0149. The molecule has 104 valence electrons. The van der Waals surface area contributed by atoms with Gasteiger partial charge in [-0.15, -0.1) is 0 Å². The van der Waals surface area contributed by atoms with Crippen LogP contribution in [-0.2, 0) is 5.41 Å². The van der Waals surface area contributed by atoms with E-state index < -0.39 is 0 Å². The van der Waals surface area contributed by atoms with Crippen molar-refractivity contribution >= 4 is 10.8 Å². The molecule has 1 heterocycles. The van der Waals surface area contributed by atoms with Gasteiger partial charge in [0, 0.05) is 22.6 Å². The third kappa shape index (κ3) is 1.49. The second-order valence-electron chi connectivity index (χ2n) is 6.62. The molecular weight excluding hydrogens is 254 g/mol. The molecule has 0 atom stereocenters. The third-order valence-corrected chi connectivity index (χ3v) is 5.08. The fourth-order valence-corrected chi connectivity index (χ4v) is 3.91. The summed E-state index contributed by atoms with van der Waals surface area (Å²) in [6.45, 7) is 9.11. The van der Waals surface area contributed by atoms with Crippen LogP contribution in [0.5, 0.6) is 0 Å². The Hall–Kier alpha value is -2.15. The summed E-state index contributed by atoms with van der Waals surface area (Å²) < 4.78 is 0. The molecule has 0 fully saturated rings. The van der Waals surface area contributed by atoms with Crippen LogP contribution >= 0.6 is 0 Å². The maximum absolute atomic E-state index is 4.72. The highest BCUT2D eigenvalue weighted by atomic mass is 14.7. The molecule has 0 radical (unpaired) electrons. The summed E-state index contributed by atoms with van der Waals surface area (Å²) in [6.07, 6.45) is 1.93. The second kappa shape index (κ2) is 3.94. The van der Waals surface area contributed by atoms with Crippen molar-refractivity contribution in [2.45, 2.75) is 33.1 Å². The van der Waals surface area contributed by atoms with E-state index in [9.17, 15) is 0 Å². The summed E-state index contributed by atoms with van der Waals surface area (Å²) in [7, 11) is 0. The normalized spacial score (nSPS) is 15.0.